The van der Waals surface area contributed by atoms with Gasteiger partial charge in [0.25, 0.3) is 0 Å². The molecule has 0 saturated heterocycles. The Morgan fingerprint density at radius 1 is 1.41 bits per heavy atom. The lowest BCUT2D eigenvalue weighted by Gasteiger charge is -2.35. The molecule has 0 aromatic rings. The highest BCUT2D eigenvalue weighted by atomic mass is 16.7. The molecule has 0 rings (SSSR count). The van der Waals surface area contributed by atoms with Gasteiger partial charge in [-0.15, -0.1) is 0 Å². The summed E-state index contributed by atoms with van der Waals surface area (Å²) >= 11 is 0. The Morgan fingerprint density at radius 3 is 2.29 bits per heavy atom. The zero-order valence-electron chi connectivity index (χ0n) is 11.4. The van der Waals surface area contributed by atoms with E-state index in [9.17, 15) is 9.59 Å². The van der Waals surface area contributed by atoms with Crippen LogP contribution in [0.3, 0.4) is 0 Å². The normalized spacial score (nSPS) is 13.4. The first-order chi connectivity index (χ1) is 7.72. The van der Waals surface area contributed by atoms with Gasteiger partial charge in [0.15, 0.2) is 0 Å². The summed E-state index contributed by atoms with van der Waals surface area (Å²) in [5.41, 5.74) is -0.592. The molecule has 17 heavy (non-hydrogen) atoms. The molecule has 1 amide bonds. The zero-order chi connectivity index (χ0) is 13.6. The zero-order valence-corrected chi connectivity index (χ0v) is 11.4. The van der Waals surface area contributed by atoms with Crippen LogP contribution in [0.4, 0.5) is 4.79 Å². The first-order valence-corrected chi connectivity index (χ1v) is 5.46. The van der Waals surface area contributed by atoms with E-state index in [1.165, 1.54) is 17.3 Å². The van der Waals surface area contributed by atoms with Crippen LogP contribution in [0.15, 0.2) is 0 Å². The van der Waals surface area contributed by atoms with E-state index in [1.54, 1.807) is 34.7 Å². The molecule has 0 radical (unpaired) electrons. The summed E-state index contributed by atoms with van der Waals surface area (Å²) in [6.45, 7) is 7.08. The number of aldehydes is 1. The monoisotopic (exact) mass is 246 g/mol. The number of hydrogen-bond donors (Lipinski definition) is 0. The molecule has 0 spiro atoms. The van der Waals surface area contributed by atoms with E-state index in [0.29, 0.717) is 0 Å². The van der Waals surface area contributed by atoms with Crippen molar-refractivity contribution in [1.29, 1.82) is 0 Å². The Bertz CT molecular complexity index is 263. The molecule has 100 valence electrons. The molecule has 0 aromatic carbocycles. The topological polar surface area (TPSA) is 59.1 Å². The summed E-state index contributed by atoms with van der Waals surface area (Å²) < 4.78 is 5.24. The van der Waals surface area contributed by atoms with E-state index in [-0.39, 0.29) is 12.5 Å². The van der Waals surface area contributed by atoms with Crippen LogP contribution in [-0.4, -0.2) is 48.4 Å². The highest BCUT2D eigenvalue weighted by Gasteiger charge is 2.29. The van der Waals surface area contributed by atoms with Crippen LogP contribution in [0.25, 0.3) is 0 Å². The third kappa shape index (κ3) is 5.65. The van der Waals surface area contributed by atoms with E-state index in [2.05, 4.69) is 0 Å². The van der Waals surface area contributed by atoms with Crippen LogP contribution in [0.1, 0.15) is 34.1 Å². The molecule has 1 atom stereocenters. The molecule has 6 heteroatoms. The Morgan fingerprint density at radius 2 is 1.94 bits per heavy atom. The van der Waals surface area contributed by atoms with Gasteiger partial charge in [-0.25, -0.2) is 9.80 Å². The van der Waals surface area contributed by atoms with Gasteiger partial charge >= 0.3 is 6.09 Å². The molecule has 0 aliphatic heterocycles. The van der Waals surface area contributed by atoms with Gasteiger partial charge < -0.3 is 9.53 Å². The quantitative estimate of drug-likeness (QED) is 0.545. The van der Waals surface area contributed by atoms with Crippen molar-refractivity contribution in [2.24, 2.45) is 0 Å². The number of hydroxylamine groups is 1. The number of hydrogen-bond acceptors (Lipinski definition) is 5. The maximum Gasteiger partial charge on any atom is 0.427 e. The van der Waals surface area contributed by atoms with Crippen LogP contribution in [0.2, 0.25) is 0 Å². The summed E-state index contributed by atoms with van der Waals surface area (Å²) in [4.78, 5) is 27.4. The largest absolute Gasteiger partial charge is 0.443 e. The van der Waals surface area contributed by atoms with Crippen LogP contribution >= 0.6 is 0 Å². The van der Waals surface area contributed by atoms with Gasteiger partial charge in [-0.1, -0.05) is 5.17 Å². The minimum Gasteiger partial charge on any atom is -0.443 e. The lowest BCUT2D eigenvalue weighted by atomic mass is 10.2. The van der Waals surface area contributed by atoms with Crippen molar-refractivity contribution in [2.45, 2.75) is 45.8 Å². The molecule has 0 bridgehead atoms. The third-order valence-electron chi connectivity index (χ3n) is 2.00. The molecular weight excluding hydrogens is 224 g/mol. The average molecular weight is 246 g/mol. The lowest BCUT2D eigenvalue weighted by Crippen LogP contribution is -2.50. The van der Waals surface area contributed by atoms with Crippen molar-refractivity contribution in [1.82, 2.24) is 10.2 Å². The van der Waals surface area contributed by atoms with E-state index >= 15 is 0 Å². The fourth-order valence-electron chi connectivity index (χ4n) is 1.21. The standard InChI is InChI=1S/C11H22N2O4/c1-9(7-8-14)13(12(5)16-6)10(15)17-11(2,3)4/h8-9H,7H2,1-6H3/t9-/m0/s1. The van der Waals surface area contributed by atoms with Crippen LogP contribution in [0, 0.1) is 0 Å². The number of amides is 1. The smallest absolute Gasteiger partial charge is 0.427 e. The Labute approximate surface area is 102 Å². The SMILES string of the molecule is CON(C)N(C(=O)OC(C)(C)C)[C@@H](C)CC=O. The van der Waals surface area contributed by atoms with Crippen molar-refractivity contribution in [2.75, 3.05) is 14.2 Å². The Kier molecular flexibility index (Phi) is 6.12. The molecule has 0 aliphatic carbocycles. The molecule has 0 aliphatic rings. The van der Waals surface area contributed by atoms with Crippen molar-refractivity contribution in [3.63, 3.8) is 0 Å². The van der Waals surface area contributed by atoms with E-state index in [4.69, 9.17) is 9.57 Å². The predicted molar refractivity (Wildman–Crippen MR) is 63.0 cm³/mol. The molecule has 0 N–H and O–H groups in total. The fourth-order valence-corrected chi connectivity index (χ4v) is 1.21. The van der Waals surface area contributed by atoms with Gasteiger partial charge in [0.05, 0.1) is 13.2 Å². The van der Waals surface area contributed by atoms with Crippen LogP contribution in [-0.2, 0) is 14.4 Å². The second-order valence-electron chi connectivity index (χ2n) is 4.72. The number of rotatable bonds is 5. The molecule has 6 nitrogen and oxygen atoms in total. The maximum atomic E-state index is 11.9. The molecule has 0 aromatic heterocycles. The van der Waals surface area contributed by atoms with Gasteiger partial charge in [0.1, 0.15) is 11.9 Å². The van der Waals surface area contributed by atoms with E-state index in [1.807, 2.05) is 0 Å². The van der Waals surface area contributed by atoms with Crippen molar-refractivity contribution < 1.29 is 19.2 Å². The van der Waals surface area contributed by atoms with Gasteiger partial charge in [-0.05, 0) is 27.7 Å². The minimum absolute atomic E-state index is 0.215. The lowest BCUT2D eigenvalue weighted by molar-refractivity contribution is -0.247. The summed E-state index contributed by atoms with van der Waals surface area (Å²) in [7, 11) is 3.01. The average Bonchev–Trinajstić information content (AvgIpc) is 2.15. The number of ether oxygens (including phenoxy) is 1. The second-order valence-corrected chi connectivity index (χ2v) is 4.72. The van der Waals surface area contributed by atoms with Gasteiger partial charge in [0.2, 0.25) is 0 Å². The predicted octanol–water partition coefficient (Wildman–Crippen LogP) is 1.61. The van der Waals surface area contributed by atoms with Crippen molar-refractivity contribution in [3.8, 4) is 0 Å². The molecule has 0 saturated carbocycles. The Hall–Kier alpha value is -1.14. The van der Waals surface area contributed by atoms with Gasteiger partial charge in [-0.2, -0.15) is 0 Å². The van der Waals surface area contributed by atoms with Gasteiger partial charge in [-0.3, -0.25) is 4.84 Å². The second kappa shape index (κ2) is 6.56. The first-order valence-electron chi connectivity index (χ1n) is 5.46. The molecule has 0 unspecified atom stereocenters. The maximum absolute atomic E-state index is 11.9. The summed E-state index contributed by atoms with van der Waals surface area (Å²) in [5, 5.41) is 2.52. The molecule has 0 heterocycles. The third-order valence-corrected chi connectivity index (χ3v) is 2.00. The highest BCUT2D eigenvalue weighted by molar-refractivity contribution is 5.68. The van der Waals surface area contributed by atoms with Crippen molar-refractivity contribution in [3.05, 3.63) is 0 Å². The fraction of sp³-hybridized carbons (Fsp3) is 0.818. The highest BCUT2D eigenvalue weighted by Crippen LogP contribution is 2.14. The van der Waals surface area contributed by atoms with E-state index in [0.717, 1.165) is 6.29 Å². The summed E-state index contributed by atoms with van der Waals surface area (Å²) in [6.07, 6.45) is 0.426. The summed E-state index contributed by atoms with van der Waals surface area (Å²) in [5.74, 6) is 0. The van der Waals surface area contributed by atoms with Crippen LogP contribution in [0.5, 0.6) is 0 Å². The van der Waals surface area contributed by atoms with Crippen molar-refractivity contribution >= 4 is 12.4 Å². The molecule has 0 fully saturated rings. The minimum atomic E-state index is -0.592. The number of carbonyl (C=O) groups is 2. The number of hydrazine groups is 1. The van der Waals surface area contributed by atoms with Gasteiger partial charge in [0, 0.05) is 13.5 Å². The Balaban J connectivity index is 4.79. The summed E-state index contributed by atoms with van der Waals surface area (Å²) in [6, 6.07) is -0.327. The number of nitrogens with zero attached hydrogens (tertiary/aromatic N) is 2. The van der Waals surface area contributed by atoms with E-state index < -0.39 is 11.7 Å². The first kappa shape index (κ1) is 15.9. The van der Waals surface area contributed by atoms with Crippen LogP contribution < -0.4 is 0 Å². The number of carbonyl (C=O) groups excluding carboxylic acids is 2. The molecular formula is C11H22N2O4.